The third-order valence-corrected chi connectivity index (χ3v) is 8.39. The number of piperidine rings is 1. The highest BCUT2D eigenvalue weighted by Crippen LogP contribution is 2.80. The highest BCUT2D eigenvalue weighted by atomic mass is 16.6. The second-order valence-corrected chi connectivity index (χ2v) is 9.80. The van der Waals surface area contributed by atoms with E-state index in [0.29, 0.717) is 29.9 Å². The van der Waals surface area contributed by atoms with Gasteiger partial charge in [-0.15, -0.1) is 0 Å². The molecule has 1 saturated heterocycles. The number of benzene rings is 1. The van der Waals surface area contributed by atoms with E-state index >= 15 is 0 Å². The first kappa shape index (κ1) is 17.5. The first-order chi connectivity index (χ1) is 13.7. The van der Waals surface area contributed by atoms with Gasteiger partial charge in [-0.1, -0.05) is 23.8 Å². The number of likely N-dealkylation sites (tertiary alicyclic amines) is 1. The van der Waals surface area contributed by atoms with Crippen LogP contribution in [0.4, 0.5) is 0 Å². The fraction of sp³-hybridized carbons (Fsp3) is 0.500. The molecule has 1 unspecified atom stereocenters. The van der Waals surface area contributed by atoms with Crippen LogP contribution in [-0.2, 0) is 21.4 Å². The maximum absolute atomic E-state index is 13.2. The molecule has 4 fully saturated rings. The van der Waals surface area contributed by atoms with E-state index in [2.05, 4.69) is 18.0 Å². The summed E-state index contributed by atoms with van der Waals surface area (Å²) in [7, 11) is 2.17. The summed E-state index contributed by atoms with van der Waals surface area (Å²) in [5, 5.41) is 0. The monoisotopic (exact) mass is 391 g/mol. The van der Waals surface area contributed by atoms with Crippen LogP contribution in [0.2, 0.25) is 0 Å². The minimum absolute atomic E-state index is 0.0175. The molecule has 5 heteroatoms. The lowest BCUT2D eigenvalue weighted by molar-refractivity contribution is -0.295. The Labute approximate surface area is 170 Å². The van der Waals surface area contributed by atoms with Gasteiger partial charge in [-0.2, -0.15) is 0 Å². The molecule has 2 heterocycles. The summed E-state index contributed by atoms with van der Waals surface area (Å²) < 4.78 is 12.1. The summed E-state index contributed by atoms with van der Waals surface area (Å²) in [6.45, 7) is 5.90. The molecule has 5 atom stereocenters. The zero-order valence-electron chi connectivity index (χ0n) is 17.2. The highest BCUT2D eigenvalue weighted by Gasteiger charge is 2.88. The number of rotatable bonds is 3. The Hall–Kier alpha value is -2.40. The minimum Gasteiger partial charge on any atom is -0.475 e. The second kappa shape index (κ2) is 5.01. The molecule has 0 radical (unpaired) electrons. The van der Waals surface area contributed by atoms with Crippen molar-refractivity contribution >= 4 is 11.8 Å². The Morgan fingerprint density at radius 3 is 2.90 bits per heavy atom. The SMILES string of the molecule is CC(C)=C/C=C/C(=O)Oc1ccc2c3c1O[C@@]1(C)C(=O)CC45C[C@]31[C@@H]4[C@@H](C2)N5C. The number of ether oxygens (including phenoxy) is 2. The molecule has 1 aromatic carbocycles. The second-order valence-electron chi connectivity index (χ2n) is 9.80. The summed E-state index contributed by atoms with van der Waals surface area (Å²) in [6, 6.07) is 4.36. The fourth-order valence-electron chi connectivity index (χ4n) is 7.21. The molecular weight excluding hydrogens is 366 g/mol. The van der Waals surface area contributed by atoms with Crippen molar-refractivity contribution in [2.75, 3.05) is 7.05 Å². The van der Waals surface area contributed by atoms with Crippen LogP contribution >= 0.6 is 0 Å². The van der Waals surface area contributed by atoms with Crippen molar-refractivity contribution in [2.24, 2.45) is 5.92 Å². The van der Waals surface area contributed by atoms with E-state index in [-0.39, 0.29) is 16.7 Å². The number of allylic oxidation sites excluding steroid dienone is 3. The number of carbonyl (C=O) groups is 2. The van der Waals surface area contributed by atoms with Crippen LogP contribution in [0, 0.1) is 5.92 Å². The minimum atomic E-state index is -0.850. The van der Waals surface area contributed by atoms with E-state index < -0.39 is 11.6 Å². The molecule has 2 aliphatic heterocycles. The molecule has 3 saturated carbocycles. The molecule has 6 aliphatic rings. The van der Waals surface area contributed by atoms with Crippen LogP contribution in [0.15, 0.2) is 35.9 Å². The van der Waals surface area contributed by atoms with Crippen molar-refractivity contribution in [1.29, 1.82) is 0 Å². The lowest BCUT2D eigenvalue weighted by Gasteiger charge is -2.83. The third-order valence-electron chi connectivity index (χ3n) is 8.39. The predicted molar refractivity (Wildman–Crippen MR) is 107 cm³/mol. The largest absolute Gasteiger partial charge is 0.475 e. The Bertz CT molecular complexity index is 1070. The fourth-order valence-corrected chi connectivity index (χ4v) is 7.21. The lowest BCUT2D eigenvalue weighted by Crippen LogP contribution is -2.94. The Morgan fingerprint density at radius 1 is 1.34 bits per heavy atom. The average Bonchev–Trinajstić information content (AvgIpc) is 2.94. The zero-order chi connectivity index (χ0) is 20.3. The van der Waals surface area contributed by atoms with E-state index in [1.165, 1.54) is 11.6 Å². The number of esters is 1. The maximum Gasteiger partial charge on any atom is 0.336 e. The smallest absolute Gasteiger partial charge is 0.336 e. The first-order valence-corrected chi connectivity index (χ1v) is 10.4. The number of likely N-dealkylation sites (N-methyl/N-ethyl adjacent to an activating group) is 1. The molecule has 0 amide bonds. The van der Waals surface area contributed by atoms with Gasteiger partial charge in [-0.05, 0) is 52.3 Å². The summed E-state index contributed by atoms with van der Waals surface area (Å²) in [5.74, 6) is 1.24. The van der Waals surface area contributed by atoms with Crippen molar-refractivity contribution in [3.8, 4) is 11.5 Å². The van der Waals surface area contributed by atoms with Crippen LogP contribution in [0.25, 0.3) is 0 Å². The number of ketones is 1. The zero-order valence-corrected chi connectivity index (χ0v) is 17.2. The van der Waals surface area contributed by atoms with Gasteiger partial charge in [-0.25, -0.2) is 4.79 Å². The molecular formula is C24H25NO4. The van der Waals surface area contributed by atoms with Gasteiger partial charge in [0.2, 0.25) is 0 Å². The van der Waals surface area contributed by atoms with Crippen molar-refractivity contribution < 1.29 is 19.1 Å². The van der Waals surface area contributed by atoms with Crippen LogP contribution in [0.3, 0.4) is 0 Å². The highest BCUT2D eigenvalue weighted by molar-refractivity contribution is 5.97. The number of hydrogen-bond donors (Lipinski definition) is 0. The van der Waals surface area contributed by atoms with Gasteiger partial charge in [0.1, 0.15) is 0 Å². The van der Waals surface area contributed by atoms with Crippen molar-refractivity contribution in [2.45, 2.75) is 62.6 Å². The Balaban J connectivity index is 1.44. The molecule has 150 valence electrons. The average molecular weight is 391 g/mol. The molecule has 0 aromatic heterocycles. The van der Waals surface area contributed by atoms with E-state index in [4.69, 9.17) is 9.47 Å². The number of nitrogens with zero attached hydrogens (tertiary/aromatic N) is 1. The van der Waals surface area contributed by atoms with Gasteiger partial charge < -0.3 is 9.47 Å². The lowest BCUT2D eigenvalue weighted by atomic mass is 9.29. The third kappa shape index (κ3) is 1.70. The summed E-state index contributed by atoms with van der Waals surface area (Å²) in [5.41, 5.74) is 2.38. The summed E-state index contributed by atoms with van der Waals surface area (Å²) >= 11 is 0. The normalized spacial score (nSPS) is 39.9. The van der Waals surface area contributed by atoms with Crippen molar-refractivity contribution in [1.82, 2.24) is 4.90 Å². The number of Topliss-reactive ketones (excluding diaryl/α,β-unsaturated/α-hetero) is 1. The predicted octanol–water partition coefficient (Wildman–Crippen LogP) is 3.10. The van der Waals surface area contributed by atoms with E-state index in [0.717, 1.165) is 24.0 Å². The van der Waals surface area contributed by atoms with Crippen LogP contribution in [0.1, 0.15) is 44.7 Å². The Morgan fingerprint density at radius 2 is 2.14 bits per heavy atom. The van der Waals surface area contributed by atoms with E-state index in [1.807, 2.05) is 32.9 Å². The standard InChI is InChI=1S/C24H25NO4/c1-13(2)6-5-7-18(27)28-16-9-8-14-10-15-21-23(25(15)4)11-17(26)22(3)24(21,12-23)19(14)20(16)29-22/h5-9,15,21H,10-12H2,1-4H3/b7-5+/t15-,21-,22+,23?,24-/m1/s1. The maximum atomic E-state index is 13.2. The molecule has 4 aliphatic carbocycles. The molecule has 5 nitrogen and oxygen atoms in total. The van der Waals surface area contributed by atoms with Gasteiger partial charge in [-0.3, -0.25) is 9.69 Å². The topological polar surface area (TPSA) is 55.8 Å². The van der Waals surface area contributed by atoms with Crippen molar-refractivity contribution in [3.63, 3.8) is 0 Å². The molecule has 2 bridgehead atoms. The number of hydrogen-bond acceptors (Lipinski definition) is 5. The van der Waals surface area contributed by atoms with E-state index in [9.17, 15) is 9.59 Å². The first-order valence-electron chi connectivity index (χ1n) is 10.4. The van der Waals surface area contributed by atoms with Gasteiger partial charge in [0.05, 0.1) is 5.41 Å². The van der Waals surface area contributed by atoms with Crippen LogP contribution in [0.5, 0.6) is 11.5 Å². The van der Waals surface area contributed by atoms with E-state index in [1.54, 1.807) is 6.08 Å². The van der Waals surface area contributed by atoms with Gasteiger partial charge in [0.25, 0.3) is 0 Å². The molecule has 7 rings (SSSR count). The number of fused-ring (bicyclic) bond motifs is 1. The van der Waals surface area contributed by atoms with Crippen LogP contribution in [-0.4, -0.2) is 40.9 Å². The Kier molecular flexibility index (Phi) is 3.02. The van der Waals surface area contributed by atoms with Crippen LogP contribution < -0.4 is 9.47 Å². The molecule has 2 spiro atoms. The van der Waals surface area contributed by atoms with Gasteiger partial charge in [0.15, 0.2) is 22.9 Å². The molecule has 29 heavy (non-hydrogen) atoms. The van der Waals surface area contributed by atoms with Gasteiger partial charge in [0, 0.05) is 35.6 Å². The molecule has 0 N–H and O–H groups in total. The molecule has 1 aromatic rings. The summed E-state index contributed by atoms with van der Waals surface area (Å²) in [6.07, 6.45) is 7.45. The van der Waals surface area contributed by atoms with Gasteiger partial charge >= 0.3 is 5.97 Å². The quantitative estimate of drug-likeness (QED) is 0.343. The number of carbonyl (C=O) groups excluding carboxylic acids is 2. The summed E-state index contributed by atoms with van der Waals surface area (Å²) in [4.78, 5) is 28.0. The van der Waals surface area contributed by atoms with Crippen molar-refractivity contribution in [3.05, 3.63) is 47.1 Å².